The number of anilines is 4. The Kier molecular flexibility index (Phi) is 9.17. The van der Waals surface area contributed by atoms with Crippen molar-refractivity contribution in [2.75, 3.05) is 54.9 Å². The van der Waals surface area contributed by atoms with E-state index in [1.807, 2.05) is 50.2 Å². The van der Waals surface area contributed by atoms with Crippen LogP contribution in [0.2, 0.25) is 0 Å². The van der Waals surface area contributed by atoms with Crippen LogP contribution in [-0.2, 0) is 14.3 Å². The summed E-state index contributed by atoms with van der Waals surface area (Å²) in [5, 5.41) is 14.1. The van der Waals surface area contributed by atoms with E-state index in [0.29, 0.717) is 24.0 Å². The molecular formula is C28H36N8O3S. The minimum Gasteiger partial charge on any atom is -0.466 e. The van der Waals surface area contributed by atoms with Gasteiger partial charge in [-0.1, -0.05) is 0 Å². The molecule has 2 fully saturated rings. The summed E-state index contributed by atoms with van der Waals surface area (Å²) < 4.78 is 5.04. The molecule has 0 spiro atoms. The van der Waals surface area contributed by atoms with Crippen LogP contribution >= 0.6 is 11.8 Å². The number of piperazine rings is 1. The van der Waals surface area contributed by atoms with E-state index in [4.69, 9.17) is 14.7 Å². The predicted molar refractivity (Wildman–Crippen MR) is 155 cm³/mol. The Labute approximate surface area is 238 Å². The first kappa shape index (κ1) is 27.9. The van der Waals surface area contributed by atoms with Gasteiger partial charge in [0.05, 0.1) is 12.3 Å². The van der Waals surface area contributed by atoms with Gasteiger partial charge in [-0.15, -0.1) is 0 Å². The lowest BCUT2D eigenvalue weighted by atomic mass is 10.2. The van der Waals surface area contributed by atoms with E-state index in [0.717, 1.165) is 79.9 Å². The van der Waals surface area contributed by atoms with Crippen molar-refractivity contribution in [3.63, 3.8) is 0 Å². The molecule has 40 heavy (non-hydrogen) atoms. The number of H-pyrrole nitrogens is 1. The SMILES string of the molecule is CCOC(=O)CCCN1CCN(c2cc(Nc3cc(C)n[nH]3)nc(Sc3ccc(NC(=O)C4CC4)cc3)n2)CC1. The van der Waals surface area contributed by atoms with Crippen LogP contribution in [0.5, 0.6) is 0 Å². The van der Waals surface area contributed by atoms with Crippen molar-refractivity contribution in [1.82, 2.24) is 25.1 Å². The topological polar surface area (TPSA) is 128 Å². The summed E-state index contributed by atoms with van der Waals surface area (Å²) in [6.07, 6.45) is 3.21. The number of benzene rings is 1. The zero-order chi connectivity index (χ0) is 27.9. The molecule has 0 unspecified atom stereocenters. The minimum absolute atomic E-state index is 0.0975. The molecule has 1 amide bonds. The Morgan fingerprint density at radius 1 is 1.10 bits per heavy atom. The maximum atomic E-state index is 12.1. The lowest BCUT2D eigenvalue weighted by Gasteiger charge is -2.35. The highest BCUT2D eigenvalue weighted by Gasteiger charge is 2.29. The Hall–Kier alpha value is -3.64. The molecule has 12 heteroatoms. The van der Waals surface area contributed by atoms with Gasteiger partial charge in [-0.3, -0.25) is 19.6 Å². The predicted octanol–water partition coefficient (Wildman–Crippen LogP) is 4.22. The summed E-state index contributed by atoms with van der Waals surface area (Å²) in [4.78, 5) is 39.0. The summed E-state index contributed by atoms with van der Waals surface area (Å²) in [5.41, 5.74) is 1.69. The number of carbonyl (C=O) groups excluding carboxylic acids is 2. The lowest BCUT2D eigenvalue weighted by Crippen LogP contribution is -2.47. The molecule has 0 atom stereocenters. The Morgan fingerprint density at radius 2 is 1.88 bits per heavy atom. The van der Waals surface area contributed by atoms with Gasteiger partial charge in [0, 0.05) is 61.2 Å². The summed E-state index contributed by atoms with van der Waals surface area (Å²) in [7, 11) is 0. The standard InChI is InChI=1S/C28H36N8O3S/c1-3-39-26(37)5-4-12-35-13-15-36(16-14-35)25-18-23(30-24-17-19(2)33-34-24)31-28(32-25)40-22-10-8-21(9-11-22)29-27(38)20-6-7-20/h8-11,17-18,20H,3-7,12-16H2,1-2H3,(H,29,38)(H2,30,31,32,33,34). The van der Waals surface area contributed by atoms with Gasteiger partial charge in [-0.05, 0) is 75.7 Å². The van der Waals surface area contributed by atoms with Crippen LogP contribution in [0.1, 0.15) is 38.3 Å². The molecule has 3 aromatic rings. The number of nitrogens with one attached hydrogen (secondary N) is 3. The van der Waals surface area contributed by atoms with Crippen LogP contribution in [0.3, 0.4) is 0 Å². The molecule has 1 saturated carbocycles. The highest BCUT2D eigenvalue weighted by molar-refractivity contribution is 7.99. The molecule has 1 aliphatic heterocycles. The fourth-order valence-electron chi connectivity index (χ4n) is 4.49. The van der Waals surface area contributed by atoms with Crippen molar-refractivity contribution < 1.29 is 14.3 Å². The minimum atomic E-state index is -0.128. The number of rotatable bonds is 12. The number of esters is 1. The van der Waals surface area contributed by atoms with Crippen LogP contribution in [0.15, 0.2) is 46.5 Å². The molecule has 2 aromatic heterocycles. The summed E-state index contributed by atoms with van der Waals surface area (Å²) in [5.74, 6) is 2.44. The van der Waals surface area contributed by atoms with Gasteiger partial charge in [0.2, 0.25) is 5.91 Å². The van der Waals surface area contributed by atoms with E-state index in [-0.39, 0.29) is 17.8 Å². The molecule has 0 bridgehead atoms. The van der Waals surface area contributed by atoms with Gasteiger partial charge in [0.15, 0.2) is 5.16 Å². The number of carbonyl (C=O) groups is 2. The third-order valence-corrected chi connectivity index (χ3v) is 7.67. The number of amides is 1. The monoisotopic (exact) mass is 564 g/mol. The maximum Gasteiger partial charge on any atom is 0.305 e. The number of ether oxygens (including phenoxy) is 1. The number of nitrogens with zero attached hydrogens (tertiary/aromatic N) is 5. The Bertz CT molecular complexity index is 1300. The quantitative estimate of drug-likeness (QED) is 0.217. The third kappa shape index (κ3) is 7.95. The highest BCUT2D eigenvalue weighted by atomic mass is 32.2. The molecule has 2 aliphatic rings. The first-order chi connectivity index (χ1) is 19.4. The lowest BCUT2D eigenvalue weighted by molar-refractivity contribution is -0.143. The van der Waals surface area contributed by atoms with E-state index in [2.05, 4.69) is 30.6 Å². The molecule has 1 saturated heterocycles. The van der Waals surface area contributed by atoms with Crippen LogP contribution in [-0.4, -0.2) is 76.3 Å². The van der Waals surface area contributed by atoms with Gasteiger partial charge < -0.3 is 20.3 Å². The largest absolute Gasteiger partial charge is 0.466 e. The zero-order valence-corrected chi connectivity index (χ0v) is 23.8. The normalized spacial score (nSPS) is 15.6. The van der Waals surface area contributed by atoms with Crippen molar-refractivity contribution in [2.24, 2.45) is 5.92 Å². The first-order valence-electron chi connectivity index (χ1n) is 13.8. The second kappa shape index (κ2) is 13.1. The second-order valence-corrected chi connectivity index (χ2v) is 11.1. The fourth-order valence-corrected chi connectivity index (χ4v) is 5.26. The van der Waals surface area contributed by atoms with Crippen molar-refractivity contribution in [2.45, 2.75) is 49.6 Å². The van der Waals surface area contributed by atoms with Crippen LogP contribution in [0.25, 0.3) is 0 Å². The third-order valence-electron chi connectivity index (χ3n) is 6.80. The van der Waals surface area contributed by atoms with Gasteiger partial charge in [-0.2, -0.15) is 5.10 Å². The smallest absolute Gasteiger partial charge is 0.305 e. The number of aromatic nitrogens is 4. The Balaban J connectivity index is 1.24. The van der Waals surface area contributed by atoms with E-state index in [1.165, 1.54) is 11.8 Å². The molecule has 212 valence electrons. The summed E-state index contributed by atoms with van der Waals surface area (Å²) >= 11 is 1.48. The molecule has 1 aliphatic carbocycles. The molecular weight excluding hydrogens is 528 g/mol. The molecule has 3 N–H and O–H groups in total. The number of aryl methyl sites for hydroxylation is 1. The van der Waals surface area contributed by atoms with Crippen molar-refractivity contribution in [3.8, 4) is 0 Å². The second-order valence-electron chi connectivity index (χ2n) is 10.1. The van der Waals surface area contributed by atoms with E-state index >= 15 is 0 Å². The van der Waals surface area contributed by atoms with E-state index < -0.39 is 0 Å². The van der Waals surface area contributed by atoms with Crippen molar-refractivity contribution in [3.05, 3.63) is 42.1 Å². The van der Waals surface area contributed by atoms with Gasteiger partial charge in [0.25, 0.3) is 0 Å². The summed E-state index contributed by atoms with van der Waals surface area (Å²) in [6.45, 7) is 8.52. The first-order valence-corrected chi connectivity index (χ1v) is 14.7. The van der Waals surface area contributed by atoms with Gasteiger partial charge in [-0.25, -0.2) is 9.97 Å². The van der Waals surface area contributed by atoms with Crippen LogP contribution in [0.4, 0.5) is 23.1 Å². The molecule has 0 radical (unpaired) electrons. The van der Waals surface area contributed by atoms with Gasteiger partial charge >= 0.3 is 5.97 Å². The molecule has 1 aromatic carbocycles. The number of hydrogen-bond acceptors (Lipinski definition) is 10. The Morgan fingerprint density at radius 3 is 2.55 bits per heavy atom. The number of hydrogen-bond donors (Lipinski definition) is 3. The number of aromatic amines is 1. The zero-order valence-electron chi connectivity index (χ0n) is 23.0. The molecule has 5 rings (SSSR count). The van der Waals surface area contributed by atoms with Crippen LogP contribution < -0.4 is 15.5 Å². The van der Waals surface area contributed by atoms with Crippen molar-refractivity contribution in [1.29, 1.82) is 0 Å². The van der Waals surface area contributed by atoms with Gasteiger partial charge in [0.1, 0.15) is 17.5 Å². The maximum absolute atomic E-state index is 12.1. The summed E-state index contributed by atoms with van der Waals surface area (Å²) in [6, 6.07) is 11.7. The molecule has 3 heterocycles. The highest BCUT2D eigenvalue weighted by Crippen LogP contribution is 2.32. The average molecular weight is 565 g/mol. The van der Waals surface area contributed by atoms with Crippen LogP contribution in [0, 0.1) is 12.8 Å². The molecule has 11 nitrogen and oxygen atoms in total. The van der Waals surface area contributed by atoms with E-state index in [1.54, 1.807) is 0 Å². The van der Waals surface area contributed by atoms with Crippen molar-refractivity contribution >= 4 is 46.8 Å². The fraction of sp³-hybridized carbons (Fsp3) is 0.464. The average Bonchev–Trinajstić information content (AvgIpc) is 3.72. The van der Waals surface area contributed by atoms with E-state index in [9.17, 15) is 9.59 Å².